The Morgan fingerprint density at radius 1 is 1.55 bits per heavy atom. The van der Waals surface area contributed by atoms with Gasteiger partial charge < -0.3 is 4.74 Å². The summed E-state index contributed by atoms with van der Waals surface area (Å²) in [6, 6.07) is 0. The van der Waals surface area contributed by atoms with Crippen molar-refractivity contribution in [3.05, 3.63) is 0 Å². The number of rotatable bonds is 5. The number of halogens is 3. The van der Waals surface area contributed by atoms with Crippen LogP contribution in [0.15, 0.2) is 0 Å². The fraction of sp³-hybridized carbons (Fsp3) is 1.00. The van der Waals surface area contributed by atoms with Gasteiger partial charge in [0.25, 0.3) is 0 Å². The van der Waals surface area contributed by atoms with Crippen LogP contribution in [-0.4, -0.2) is 22.0 Å². The fourth-order valence-electron chi connectivity index (χ4n) is 0.833. The third-order valence-electron chi connectivity index (χ3n) is 1.70. The molecule has 0 heterocycles. The molecule has 4 heteroatoms. The molecule has 1 unspecified atom stereocenters. The third kappa shape index (κ3) is 3.66. The largest absolute Gasteiger partial charge is 0.381 e. The van der Waals surface area contributed by atoms with Crippen LogP contribution in [-0.2, 0) is 4.74 Å². The molecule has 0 amide bonds. The van der Waals surface area contributed by atoms with E-state index in [9.17, 15) is 0 Å². The highest BCUT2D eigenvalue weighted by Crippen LogP contribution is 2.53. The van der Waals surface area contributed by atoms with Crippen molar-refractivity contribution in [2.24, 2.45) is 5.92 Å². The number of alkyl halides is 3. The van der Waals surface area contributed by atoms with Crippen molar-refractivity contribution in [3.63, 3.8) is 0 Å². The molecule has 0 saturated heterocycles. The van der Waals surface area contributed by atoms with Crippen molar-refractivity contribution in [3.8, 4) is 0 Å². The van der Waals surface area contributed by atoms with Gasteiger partial charge in [0.15, 0.2) is 0 Å². The van der Waals surface area contributed by atoms with Gasteiger partial charge in [-0.05, 0) is 12.8 Å². The van der Waals surface area contributed by atoms with E-state index in [0.29, 0.717) is 5.92 Å². The summed E-state index contributed by atoms with van der Waals surface area (Å²) < 4.78 is 6.04. The van der Waals surface area contributed by atoms with E-state index in [-0.39, 0.29) is 0 Å². The van der Waals surface area contributed by atoms with Crippen LogP contribution in [0.2, 0.25) is 0 Å². The van der Waals surface area contributed by atoms with Crippen LogP contribution in [0.25, 0.3) is 0 Å². The standard InChI is InChI=1S/C7H11Cl2IO/c8-7(9)4-6(7)5-11-3-1-2-10/h6H,1-5H2. The maximum atomic E-state index is 5.80. The molecule has 0 N–H and O–H groups in total. The lowest BCUT2D eigenvalue weighted by Gasteiger charge is -2.01. The van der Waals surface area contributed by atoms with E-state index < -0.39 is 4.33 Å². The summed E-state index contributed by atoms with van der Waals surface area (Å²) in [5.41, 5.74) is 0. The number of ether oxygens (including phenoxy) is 1. The zero-order chi connectivity index (χ0) is 8.32. The van der Waals surface area contributed by atoms with E-state index in [1.165, 1.54) is 0 Å². The van der Waals surface area contributed by atoms with Crippen LogP contribution in [0.4, 0.5) is 0 Å². The van der Waals surface area contributed by atoms with Gasteiger partial charge in [-0.3, -0.25) is 0 Å². The summed E-state index contributed by atoms with van der Waals surface area (Å²) >= 11 is 13.9. The Morgan fingerprint density at radius 2 is 2.18 bits per heavy atom. The Bertz CT molecular complexity index is 130. The number of hydrogen-bond donors (Lipinski definition) is 0. The topological polar surface area (TPSA) is 9.23 Å². The van der Waals surface area contributed by atoms with Crippen LogP contribution in [0.5, 0.6) is 0 Å². The molecule has 0 aromatic carbocycles. The zero-order valence-electron chi connectivity index (χ0n) is 6.16. The van der Waals surface area contributed by atoms with Gasteiger partial charge in [0.1, 0.15) is 4.33 Å². The molecular weight excluding hydrogens is 298 g/mol. The van der Waals surface area contributed by atoms with Gasteiger partial charge in [-0.2, -0.15) is 0 Å². The van der Waals surface area contributed by atoms with Crippen molar-refractivity contribution < 1.29 is 4.74 Å². The van der Waals surface area contributed by atoms with Gasteiger partial charge in [-0.25, -0.2) is 0 Å². The van der Waals surface area contributed by atoms with E-state index in [1.54, 1.807) is 0 Å². The van der Waals surface area contributed by atoms with Crippen LogP contribution in [0, 0.1) is 5.92 Å². The maximum absolute atomic E-state index is 5.80. The van der Waals surface area contributed by atoms with Gasteiger partial charge >= 0.3 is 0 Å². The second kappa shape index (κ2) is 4.49. The van der Waals surface area contributed by atoms with Crippen LogP contribution < -0.4 is 0 Å². The van der Waals surface area contributed by atoms with Gasteiger partial charge in [0, 0.05) is 17.0 Å². The molecule has 0 bridgehead atoms. The van der Waals surface area contributed by atoms with E-state index in [1.807, 2.05) is 0 Å². The first-order chi connectivity index (χ1) is 5.17. The average Bonchev–Trinajstić information content (AvgIpc) is 2.52. The minimum absolute atomic E-state index is 0.375. The predicted molar refractivity (Wildman–Crippen MR) is 56.9 cm³/mol. The summed E-state index contributed by atoms with van der Waals surface area (Å²) in [5, 5.41) is 0. The average molecular weight is 309 g/mol. The quantitative estimate of drug-likeness (QED) is 0.431. The molecule has 0 aromatic heterocycles. The fourth-order valence-corrected chi connectivity index (χ4v) is 1.64. The maximum Gasteiger partial charge on any atom is 0.123 e. The van der Waals surface area contributed by atoms with Gasteiger partial charge in [-0.15, -0.1) is 23.2 Å². The number of hydrogen-bond acceptors (Lipinski definition) is 1. The van der Waals surface area contributed by atoms with Crippen LogP contribution >= 0.6 is 45.8 Å². The summed E-state index contributed by atoms with van der Waals surface area (Å²) in [6.45, 7) is 1.56. The molecule has 0 aliphatic heterocycles. The van der Waals surface area contributed by atoms with Crippen molar-refractivity contribution in [1.82, 2.24) is 0 Å². The Hall–Kier alpha value is 1.27. The molecule has 0 spiro atoms. The Morgan fingerprint density at radius 3 is 2.64 bits per heavy atom. The van der Waals surface area contributed by atoms with Crippen molar-refractivity contribution in [2.45, 2.75) is 17.2 Å². The monoisotopic (exact) mass is 308 g/mol. The second-order valence-electron chi connectivity index (χ2n) is 2.78. The van der Waals surface area contributed by atoms with Crippen molar-refractivity contribution in [2.75, 3.05) is 17.6 Å². The molecule has 1 aliphatic carbocycles. The molecule has 0 aromatic rings. The SMILES string of the molecule is ClC1(Cl)CC1COCCCI. The lowest BCUT2D eigenvalue weighted by molar-refractivity contribution is 0.125. The first-order valence-corrected chi connectivity index (χ1v) is 5.96. The van der Waals surface area contributed by atoms with Crippen molar-refractivity contribution >= 4 is 45.8 Å². The summed E-state index contributed by atoms with van der Waals surface area (Å²) in [7, 11) is 0. The normalized spacial score (nSPS) is 27.0. The summed E-state index contributed by atoms with van der Waals surface area (Å²) in [5.74, 6) is 0.375. The first kappa shape index (κ1) is 10.4. The third-order valence-corrected chi connectivity index (χ3v) is 3.39. The van der Waals surface area contributed by atoms with E-state index in [2.05, 4.69) is 22.6 Å². The van der Waals surface area contributed by atoms with Crippen molar-refractivity contribution in [1.29, 1.82) is 0 Å². The summed E-state index contributed by atoms with van der Waals surface area (Å²) in [6.07, 6.45) is 2.01. The zero-order valence-corrected chi connectivity index (χ0v) is 9.82. The van der Waals surface area contributed by atoms with Gasteiger partial charge in [0.05, 0.1) is 6.61 Å². The van der Waals surface area contributed by atoms with E-state index in [0.717, 1.165) is 30.5 Å². The molecule has 1 rings (SSSR count). The van der Waals surface area contributed by atoms with Gasteiger partial charge in [0.2, 0.25) is 0 Å². The highest BCUT2D eigenvalue weighted by Gasteiger charge is 2.51. The molecule has 1 saturated carbocycles. The molecule has 11 heavy (non-hydrogen) atoms. The van der Waals surface area contributed by atoms with E-state index in [4.69, 9.17) is 27.9 Å². The Labute approximate surface area is 90.9 Å². The highest BCUT2D eigenvalue weighted by atomic mass is 127. The van der Waals surface area contributed by atoms with Gasteiger partial charge in [-0.1, -0.05) is 22.6 Å². The minimum Gasteiger partial charge on any atom is -0.381 e. The lowest BCUT2D eigenvalue weighted by atomic mass is 10.4. The second-order valence-corrected chi connectivity index (χ2v) is 5.40. The molecule has 66 valence electrons. The van der Waals surface area contributed by atoms with Crippen LogP contribution in [0.1, 0.15) is 12.8 Å². The summed E-state index contributed by atoms with van der Waals surface area (Å²) in [4.78, 5) is 0. The minimum atomic E-state index is -0.468. The van der Waals surface area contributed by atoms with Crippen LogP contribution in [0.3, 0.4) is 0 Å². The molecule has 1 atom stereocenters. The first-order valence-electron chi connectivity index (χ1n) is 3.68. The molecular formula is C7H11Cl2IO. The highest BCUT2D eigenvalue weighted by molar-refractivity contribution is 14.1. The molecule has 0 radical (unpaired) electrons. The molecule has 1 fully saturated rings. The Kier molecular flexibility index (Phi) is 4.23. The predicted octanol–water partition coefficient (Wildman–Crippen LogP) is 3.02. The molecule has 1 aliphatic rings. The lowest BCUT2D eigenvalue weighted by Crippen LogP contribution is -2.03. The van der Waals surface area contributed by atoms with E-state index >= 15 is 0 Å². The Balaban J connectivity index is 1.90. The molecule has 1 nitrogen and oxygen atoms in total. The smallest absolute Gasteiger partial charge is 0.123 e.